The molecular formula is C26H28BrN3O5. The molecule has 2 aromatic carbocycles. The Hall–Kier alpha value is -3.20. The first-order valence-electron chi connectivity index (χ1n) is 11.6. The lowest BCUT2D eigenvalue weighted by molar-refractivity contribution is -0.147. The Morgan fingerprint density at radius 2 is 1.94 bits per heavy atom. The number of halogens is 1. The number of methoxy groups -OCH3 is 2. The molecule has 0 amide bonds. The molecule has 1 aromatic heterocycles. The van der Waals surface area contributed by atoms with Crippen molar-refractivity contribution in [3.05, 3.63) is 62.6 Å². The Morgan fingerprint density at radius 3 is 2.66 bits per heavy atom. The molecule has 0 aliphatic heterocycles. The van der Waals surface area contributed by atoms with Crippen molar-refractivity contribution in [1.29, 1.82) is 0 Å². The fraction of sp³-hybridized carbons (Fsp3) is 0.385. The number of ether oxygens (including phenoxy) is 3. The number of nitrogens with zero attached hydrogens (tertiary/aromatic N) is 3. The van der Waals surface area contributed by atoms with Crippen LogP contribution in [-0.4, -0.2) is 42.2 Å². The van der Waals surface area contributed by atoms with Crippen LogP contribution in [0.3, 0.4) is 0 Å². The van der Waals surface area contributed by atoms with Gasteiger partial charge in [-0.25, -0.2) is 9.78 Å². The number of rotatable bonds is 7. The van der Waals surface area contributed by atoms with E-state index in [1.165, 1.54) is 25.3 Å². The van der Waals surface area contributed by atoms with E-state index in [0.29, 0.717) is 38.3 Å². The molecule has 184 valence electrons. The van der Waals surface area contributed by atoms with Crippen LogP contribution in [0.25, 0.3) is 10.9 Å². The Kier molecular flexibility index (Phi) is 7.85. The molecule has 0 radical (unpaired) electrons. The predicted octanol–water partition coefficient (Wildman–Crippen LogP) is 5.04. The van der Waals surface area contributed by atoms with Gasteiger partial charge in [-0.3, -0.25) is 4.79 Å². The maximum atomic E-state index is 13.4. The van der Waals surface area contributed by atoms with E-state index in [4.69, 9.17) is 19.2 Å². The Morgan fingerprint density at radius 1 is 1.20 bits per heavy atom. The van der Waals surface area contributed by atoms with Gasteiger partial charge < -0.3 is 14.2 Å². The molecular weight excluding hydrogens is 514 g/mol. The smallest absolute Gasteiger partial charge is 0.346 e. The first kappa shape index (κ1) is 24.9. The van der Waals surface area contributed by atoms with Crippen LogP contribution in [0.15, 0.2) is 50.8 Å². The number of carbonyl (C=O) groups excluding carboxylic acids is 1. The highest BCUT2D eigenvalue weighted by atomic mass is 79.9. The van der Waals surface area contributed by atoms with Crippen LogP contribution in [0.1, 0.15) is 56.3 Å². The topological polar surface area (TPSA) is 92.0 Å². The van der Waals surface area contributed by atoms with Crippen molar-refractivity contribution in [2.45, 2.75) is 51.0 Å². The van der Waals surface area contributed by atoms with Crippen molar-refractivity contribution in [1.82, 2.24) is 9.66 Å². The van der Waals surface area contributed by atoms with E-state index in [1.807, 2.05) is 18.2 Å². The molecule has 1 heterocycles. The van der Waals surface area contributed by atoms with Crippen molar-refractivity contribution in [3.63, 3.8) is 0 Å². The molecule has 1 fully saturated rings. The molecule has 0 bridgehead atoms. The van der Waals surface area contributed by atoms with Gasteiger partial charge in [-0.15, -0.1) is 0 Å². The second-order valence-electron chi connectivity index (χ2n) is 8.50. The van der Waals surface area contributed by atoms with Gasteiger partial charge >= 0.3 is 5.97 Å². The van der Waals surface area contributed by atoms with Crippen molar-refractivity contribution in [2.24, 2.45) is 5.10 Å². The Bertz CT molecular complexity index is 1310. The van der Waals surface area contributed by atoms with Crippen molar-refractivity contribution < 1.29 is 19.0 Å². The van der Waals surface area contributed by atoms with Gasteiger partial charge in [-0.05, 0) is 65.5 Å². The molecule has 0 saturated heterocycles. The molecule has 1 saturated carbocycles. The predicted molar refractivity (Wildman–Crippen MR) is 138 cm³/mol. The summed E-state index contributed by atoms with van der Waals surface area (Å²) < 4.78 is 18.0. The van der Waals surface area contributed by atoms with E-state index in [9.17, 15) is 9.59 Å². The minimum Gasteiger partial charge on any atom is -0.493 e. The van der Waals surface area contributed by atoms with Crippen LogP contribution >= 0.6 is 15.9 Å². The van der Waals surface area contributed by atoms with E-state index in [1.54, 1.807) is 31.3 Å². The van der Waals surface area contributed by atoms with Crippen LogP contribution in [0.2, 0.25) is 0 Å². The molecule has 8 nitrogen and oxygen atoms in total. The van der Waals surface area contributed by atoms with Crippen molar-refractivity contribution in [2.75, 3.05) is 14.2 Å². The van der Waals surface area contributed by atoms with Crippen molar-refractivity contribution >= 4 is 39.0 Å². The third-order valence-corrected chi connectivity index (χ3v) is 6.74. The lowest BCUT2D eigenvalue weighted by Gasteiger charge is -2.22. The molecule has 1 aliphatic carbocycles. The van der Waals surface area contributed by atoms with E-state index in [0.717, 1.165) is 25.7 Å². The van der Waals surface area contributed by atoms with Crippen LogP contribution in [0, 0.1) is 0 Å². The number of fused-ring (bicyclic) bond motifs is 1. The Labute approximate surface area is 212 Å². The van der Waals surface area contributed by atoms with Crippen LogP contribution < -0.4 is 15.0 Å². The summed E-state index contributed by atoms with van der Waals surface area (Å²) in [7, 11) is 2.82. The summed E-state index contributed by atoms with van der Waals surface area (Å²) in [5, 5.41) is 5.11. The SMILES string of the molecule is COC(=O)[C@H](C)Oc1c(Br)cc(C=Nn2c(C3CCCCC3)nc3ccccc3c2=O)cc1OC. The molecule has 1 atom stereocenters. The lowest BCUT2D eigenvalue weighted by atomic mass is 9.88. The standard InChI is InChI=1S/C26H28BrN3O5/c1-16(26(32)34-3)35-23-20(27)13-17(14-22(23)33-2)15-28-30-24(18-9-5-4-6-10-18)29-21-12-8-7-11-19(21)25(30)31/h7-8,11-16,18H,4-6,9-10H2,1-3H3/t16-/m0/s1. The van der Waals surface area contributed by atoms with Gasteiger partial charge in [0.05, 0.1) is 35.8 Å². The molecule has 0 N–H and O–H groups in total. The second-order valence-corrected chi connectivity index (χ2v) is 9.36. The third-order valence-electron chi connectivity index (χ3n) is 6.15. The highest BCUT2D eigenvalue weighted by molar-refractivity contribution is 9.10. The number of hydrogen-bond donors (Lipinski definition) is 0. The molecule has 4 rings (SSSR count). The third kappa shape index (κ3) is 5.40. The number of para-hydroxylation sites is 1. The fourth-order valence-corrected chi connectivity index (χ4v) is 4.87. The summed E-state index contributed by atoms with van der Waals surface area (Å²) in [6.45, 7) is 1.60. The summed E-state index contributed by atoms with van der Waals surface area (Å²) in [5.74, 6) is 1.17. The summed E-state index contributed by atoms with van der Waals surface area (Å²) >= 11 is 3.49. The minimum absolute atomic E-state index is 0.190. The van der Waals surface area contributed by atoms with Crippen molar-refractivity contribution in [3.8, 4) is 11.5 Å². The number of carbonyl (C=O) groups is 1. The number of benzene rings is 2. The zero-order valence-electron chi connectivity index (χ0n) is 20.0. The average molecular weight is 542 g/mol. The second kappa shape index (κ2) is 11.0. The van der Waals surface area contributed by atoms with Gasteiger partial charge in [0, 0.05) is 5.92 Å². The first-order valence-corrected chi connectivity index (χ1v) is 12.4. The zero-order valence-corrected chi connectivity index (χ0v) is 21.6. The molecule has 35 heavy (non-hydrogen) atoms. The van der Waals surface area contributed by atoms with Gasteiger partial charge in [0.25, 0.3) is 5.56 Å². The van der Waals surface area contributed by atoms with E-state index < -0.39 is 12.1 Å². The summed E-state index contributed by atoms with van der Waals surface area (Å²) in [5.41, 5.74) is 1.18. The normalized spacial score (nSPS) is 15.3. The molecule has 3 aromatic rings. The maximum Gasteiger partial charge on any atom is 0.346 e. The monoisotopic (exact) mass is 541 g/mol. The number of esters is 1. The van der Waals surface area contributed by atoms with Gasteiger partial charge in [0.15, 0.2) is 17.6 Å². The highest BCUT2D eigenvalue weighted by Gasteiger charge is 2.23. The van der Waals surface area contributed by atoms with Crippen LogP contribution in [-0.2, 0) is 9.53 Å². The molecule has 1 aliphatic rings. The minimum atomic E-state index is -0.815. The highest BCUT2D eigenvalue weighted by Crippen LogP contribution is 2.37. The summed E-state index contributed by atoms with van der Waals surface area (Å²) in [6.07, 6.45) is 6.21. The Balaban J connectivity index is 1.74. The summed E-state index contributed by atoms with van der Waals surface area (Å²) in [4.78, 5) is 30.0. The first-order chi connectivity index (χ1) is 16.9. The lowest BCUT2D eigenvalue weighted by Crippen LogP contribution is -2.25. The molecule has 9 heteroatoms. The van der Waals surface area contributed by atoms with E-state index >= 15 is 0 Å². The van der Waals surface area contributed by atoms with E-state index in [2.05, 4.69) is 21.0 Å². The van der Waals surface area contributed by atoms with E-state index in [-0.39, 0.29) is 11.5 Å². The van der Waals surface area contributed by atoms with Gasteiger partial charge in [-0.1, -0.05) is 31.4 Å². The zero-order chi connectivity index (χ0) is 24.9. The largest absolute Gasteiger partial charge is 0.493 e. The average Bonchev–Trinajstić information content (AvgIpc) is 2.89. The summed E-state index contributed by atoms with van der Waals surface area (Å²) in [6, 6.07) is 10.9. The fourth-order valence-electron chi connectivity index (χ4n) is 4.32. The maximum absolute atomic E-state index is 13.4. The van der Waals surface area contributed by atoms with Crippen LogP contribution in [0.5, 0.6) is 11.5 Å². The van der Waals surface area contributed by atoms with Gasteiger partial charge in [0.2, 0.25) is 0 Å². The number of hydrogen-bond acceptors (Lipinski definition) is 7. The quantitative estimate of drug-likeness (QED) is 0.307. The van der Waals surface area contributed by atoms with Crippen LogP contribution in [0.4, 0.5) is 0 Å². The number of aromatic nitrogens is 2. The molecule has 0 unspecified atom stereocenters. The molecule has 0 spiro atoms. The van der Waals surface area contributed by atoms with Gasteiger partial charge in [-0.2, -0.15) is 9.78 Å². The van der Waals surface area contributed by atoms with Gasteiger partial charge in [0.1, 0.15) is 5.82 Å².